The van der Waals surface area contributed by atoms with Crippen LogP contribution >= 0.6 is 0 Å². The number of nitrogens with zero attached hydrogens (tertiary/aromatic N) is 3. The second-order valence-electron chi connectivity index (χ2n) is 6.70. The summed E-state index contributed by atoms with van der Waals surface area (Å²) in [6, 6.07) is 14.7. The van der Waals surface area contributed by atoms with Gasteiger partial charge in [-0.05, 0) is 29.8 Å². The van der Waals surface area contributed by atoms with Gasteiger partial charge in [0.1, 0.15) is 11.5 Å². The van der Waals surface area contributed by atoms with E-state index in [1.807, 2.05) is 6.07 Å². The number of carbonyl (C=O) groups excluding carboxylic acids is 3. The van der Waals surface area contributed by atoms with Crippen LogP contribution in [0.3, 0.4) is 0 Å². The van der Waals surface area contributed by atoms with Crippen molar-refractivity contribution in [2.45, 2.75) is 19.4 Å². The van der Waals surface area contributed by atoms with E-state index < -0.39 is 5.91 Å². The standard InChI is InChI=1S/C21H21FN4O3/c1-25(14-19(27)23-17-5-3-2-4-6-17)21(29)18-11-12-20(28)26(24-18)13-15-7-9-16(22)10-8-15/h2-10H,11-14H2,1H3,(H,23,27). The van der Waals surface area contributed by atoms with E-state index in [1.165, 1.54) is 29.1 Å². The lowest BCUT2D eigenvalue weighted by molar-refractivity contribution is -0.133. The molecule has 8 heteroatoms. The molecule has 0 unspecified atom stereocenters. The van der Waals surface area contributed by atoms with Crippen LogP contribution in [0, 0.1) is 5.82 Å². The summed E-state index contributed by atoms with van der Waals surface area (Å²) in [5.41, 5.74) is 1.55. The molecule has 2 aromatic rings. The van der Waals surface area contributed by atoms with Crippen LogP contribution in [0.15, 0.2) is 59.7 Å². The molecular weight excluding hydrogens is 375 g/mol. The van der Waals surface area contributed by atoms with E-state index in [0.29, 0.717) is 11.3 Å². The molecule has 1 N–H and O–H groups in total. The Morgan fingerprint density at radius 1 is 1.10 bits per heavy atom. The molecule has 0 saturated carbocycles. The first kappa shape index (κ1) is 20.2. The first-order chi connectivity index (χ1) is 13.9. The van der Waals surface area contributed by atoms with Gasteiger partial charge in [-0.3, -0.25) is 14.4 Å². The number of halogens is 1. The van der Waals surface area contributed by atoms with Crippen molar-refractivity contribution in [2.24, 2.45) is 5.10 Å². The van der Waals surface area contributed by atoms with Crippen molar-refractivity contribution in [2.75, 3.05) is 18.9 Å². The van der Waals surface area contributed by atoms with Gasteiger partial charge in [0.25, 0.3) is 5.91 Å². The van der Waals surface area contributed by atoms with Crippen LogP contribution in [0.25, 0.3) is 0 Å². The molecule has 150 valence electrons. The Morgan fingerprint density at radius 2 is 1.79 bits per heavy atom. The summed E-state index contributed by atoms with van der Waals surface area (Å²) in [4.78, 5) is 38.2. The zero-order chi connectivity index (χ0) is 20.8. The predicted octanol–water partition coefficient (Wildman–Crippen LogP) is 2.40. The Morgan fingerprint density at radius 3 is 2.48 bits per heavy atom. The van der Waals surface area contributed by atoms with Crippen LogP contribution in [-0.4, -0.2) is 46.9 Å². The quantitative estimate of drug-likeness (QED) is 0.814. The molecule has 0 saturated heterocycles. The third-order valence-corrected chi connectivity index (χ3v) is 4.38. The van der Waals surface area contributed by atoms with Crippen LogP contribution in [-0.2, 0) is 20.9 Å². The van der Waals surface area contributed by atoms with Crippen LogP contribution in [0.1, 0.15) is 18.4 Å². The van der Waals surface area contributed by atoms with E-state index in [0.717, 1.165) is 0 Å². The van der Waals surface area contributed by atoms with Gasteiger partial charge < -0.3 is 10.2 Å². The van der Waals surface area contributed by atoms with Gasteiger partial charge in [-0.25, -0.2) is 9.40 Å². The van der Waals surface area contributed by atoms with Crippen molar-refractivity contribution in [3.05, 3.63) is 66.0 Å². The first-order valence-corrected chi connectivity index (χ1v) is 9.15. The highest BCUT2D eigenvalue weighted by Crippen LogP contribution is 2.15. The summed E-state index contributed by atoms with van der Waals surface area (Å²) >= 11 is 0. The normalized spacial score (nSPS) is 13.7. The lowest BCUT2D eigenvalue weighted by atomic mass is 10.1. The zero-order valence-electron chi connectivity index (χ0n) is 16.0. The van der Waals surface area contributed by atoms with E-state index in [9.17, 15) is 18.8 Å². The van der Waals surface area contributed by atoms with Crippen LogP contribution in [0.5, 0.6) is 0 Å². The number of anilines is 1. The van der Waals surface area contributed by atoms with E-state index in [4.69, 9.17) is 0 Å². The fourth-order valence-electron chi connectivity index (χ4n) is 2.87. The smallest absolute Gasteiger partial charge is 0.270 e. The third kappa shape index (κ3) is 5.47. The maximum Gasteiger partial charge on any atom is 0.270 e. The molecular formula is C21H21FN4O3. The largest absolute Gasteiger partial charge is 0.331 e. The molecule has 0 spiro atoms. The van der Waals surface area contributed by atoms with Gasteiger partial charge in [0.2, 0.25) is 11.8 Å². The maximum atomic E-state index is 13.0. The number of carbonyl (C=O) groups is 3. The lowest BCUT2D eigenvalue weighted by Gasteiger charge is -2.25. The van der Waals surface area contributed by atoms with Crippen LogP contribution < -0.4 is 5.32 Å². The highest BCUT2D eigenvalue weighted by atomic mass is 19.1. The average molecular weight is 396 g/mol. The third-order valence-electron chi connectivity index (χ3n) is 4.38. The van der Waals surface area contributed by atoms with E-state index in [-0.39, 0.29) is 49.3 Å². The highest BCUT2D eigenvalue weighted by molar-refractivity contribution is 6.39. The SMILES string of the molecule is CN(CC(=O)Nc1ccccc1)C(=O)C1=NN(Cc2ccc(F)cc2)C(=O)CC1. The van der Waals surface area contributed by atoms with Gasteiger partial charge in [-0.15, -0.1) is 0 Å². The van der Waals surface area contributed by atoms with Crippen LogP contribution in [0.4, 0.5) is 10.1 Å². The van der Waals surface area contributed by atoms with Gasteiger partial charge >= 0.3 is 0 Å². The summed E-state index contributed by atoms with van der Waals surface area (Å²) in [6.45, 7) is 0.00670. The van der Waals surface area contributed by atoms with Gasteiger partial charge in [0.15, 0.2) is 0 Å². The molecule has 1 aliphatic heterocycles. The number of hydrogen-bond acceptors (Lipinski definition) is 4. The van der Waals surface area contributed by atoms with Gasteiger partial charge in [-0.1, -0.05) is 30.3 Å². The number of rotatable bonds is 6. The molecule has 2 aromatic carbocycles. The van der Waals surface area contributed by atoms with Gasteiger partial charge in [0.05, 0.1) is 13.1 Å². The van der Waals surface area contributed by atoms with Crippen molar-refractivity contribution in [3.63, 3.8) is 0 Å². The zero-order valence-corrected chi connectivity index (χ0v) is 16.0. The van der Waals surface area contributed by atoms with Crippen molar-refractivity contribution < 1.29 is 18.8 Å². The number of para-hydroxylation sites is 1. The maximum absolute atomic E-state index is 13.0. The molecule has 0 bridgehead atoms. The highest BCUT2D eigenvalue weighted by Gasteiger charge is 2.27. The number of hydrazone groups is 1. The summed E-state index contributed by atoms with van der Waals surface area (Å²) in [7, 11) is 1.51. The summed E-state index contributed by atoms with van der Waals surface area (Å²) in [5, 5.41) is 8.10. The molecule has 0 aromatic heterocycles. The first-order valence-electron chi connectivity index (χ1n) is 9.15. The Balaban J connectivity index is 1.62. The molecule has 7 nitrogen and oxygen atoms in total. The minimum atomic E-state index is -0.412. The van der Waals surface area contributed by atoms with Crippen molar-refractivity contribution in [1.29, 1.82) is 0 Å². The average Bonchev–Trinajstić information content (AvgIpc) is 2.71. The minimum absolute atomic E-state index is 0.140. The number of likely N-dealkylation sites (N-methyl/N-ethyl adjacent to an activating group) is 1. The molecule has 0 atom stereocenters. The molecule has 0 radical (unpaired) electrons. The fraction of sp³-hybridized carbons (Fsp3) is 0.238. The molecule has 0 aliphatic carbocycles. The number of nitrogens with one attached hydrogen (secondary N) is 1. The molecule has 1 heterocycles. The number of hydrogen-bond donors (Lipinski definition) is 1. The Kier molecular flexibility index (Phi) is 6.33. The summed E-state index contributed by atoms with van der Waals surface area (Å²) in [6.07, 6.45) is 0.359. The lowest BCUT2D eigenvalue weighted by Crippen LogP contribution is -2.42. The van der Waals surface area contributed by atoms with E-state index >= 15 is 0 Å². The monoisotopic (exact) mass is 396 g/mol. The van der Waals surface area contributed by atoms with E-state index in [1.54, 1.807) is 36.4 Å². The minimum Gasteiger partial charge on any atom is -0.331 e. The van der Waals surface area contributed by atoms with Crippen molar-refractivity contribution in [1.82, 2.24) is 9.91 Å². The fourth-order valence-corrected chi connectivity index (χ4v) is 2.87. The Bertz CT molecular complexity index is 929. The predicted molar refractivity (Wildman–Crippen MR) is 106 cm³/mol. The summed E-state index contributed by atoms with van der Waals surface area (Å²) in [5.74, 6) is -1.32. The van der Waals surface area contributed by atoms with Gasteiger partial charge in [-0.2, -0.15) is 5.10 Å². The molecule has 1 aliphatic rings. The Labute approximate surface area is 167 Å². The van der Waals surface area contributed by atoms with Crippen molar-refractivity contribution >= 4 is 29.1 Å². The van der Waals surface area contributed by atoms with Gasteiger partial charge in [0, 0.05) is 25.6 Å². The number of amides is 3. The summed E-state index contributed by atoms with van der Waals surface area (Å²) < 4.78 is 13.0. The van der Waals surface area contributed by atoms with Crippen molar-refractivity contribution in [3.8, 4) is 0 Å². The Hall–Kier alpha value is -3.55. The number of benzene rings is 2. The molecule has 3 rings (SSSR count). The molecule has 29 heavy (non-hydrogen) atoms. The second-order valence-corrected chi connectivity index (χ2v) is 6.70. The topological polar surface area (TPSA) is 82.1 Å². The molecule has 3 amide bonds. The molecule has 0 fully saturated rings. The second kappa shape index (κ2) is 9.09. The van der Waals surface area contributed by atoms with E-state index in [2.05, 4.69) is 10.4 Å². The van der Waals surface area contributed by atoms with Crippen LogP contribution in [0.2, 0.25) is 0 Å².